The highest BCUT2D eigenvalue weighted by atomic mass is 32.3. The predicted octanol–water partition coefficient (Wildman–Crippen LogP) is 8.41. The Morgan fingerprint density at radius 1 is 0.500 bits per heavy atom. The van der Waals surface area contributed by atoms with Gasteiger partial charge in [-0.2, -0.15) is 0 Å². The molecule has 0 radical (unpaired) electrons. The highest BCUT2D eigenvalue weighted by Crippen LogP contribution is 2.77. The molecule has 5 nitrogen and oxygen atoms in total. The average Bonchev–Trinajstić information content (AvgIpc) is 3.06. The summed E-state index contributed by atoms with van der Waals surface area (Å²) in [7, 11) is -5.04. The first-order valence-corrected chi connectivity index (χ1v) is 17.0. The number of ether oxygens (including phenoxy) is 2. The van der Waals surface area contributed by atoms with E-state index in [-0.39, 0.29) is 29.2 Å². The van der Waals surface area contributed by atoms with Crippen molar-refractivity contribution in [2.45, 2.75) is 19.6 Å². The van der Waals surface area contributed by atoms with Gasteiger partial charge in [0, 0.05) is 43.2 Å². The van der Waals surface area contributed by atoms with E-state index < -0.39 is 32.0 Å². The van der Waals surface area contributed by atoms with Gasteiger partial charge in [-0.1, -0.05) is 86.0 Å². The maximum Gasteiger partial charge on any atom is 0.330 e. The number of carbonyl (C=O) groups excluding carboxylic acids is 3. The summed E-state index contributed by atoms with van der Waals surface area (Å²) in [5.41, 5.74) is 0. The number of carbonyl (C=O) groups is 3. The minimum absolute atomic E-state index is 0.0280. The molecule has 4 aromatic rings. The average molecular weight is 599 g/mol. The standard InChI is InChI=1S/C35H34O5S2/c1-3-33(36)39-25-27-41(29-17-9-5-10-18-29,30-19-11-6-12-20-30)35(38)42(28-26-40-34(37)4-2,31-21-13-7-14-22-31)32-23-15-8-16-24-32/h3-24H,1-2,25-28H2. The highest BCUT2D eigenvalue weighted by Gasteiger charge is 2.48. The fraction of sp³-hybridized carbons (Fsp3) is 0.114. The van der Waals surface area contributed by atoms with Crippen molar-refractivity contribution in [3.05, 3.63) is 147 Å². The van der Waals surface area contributed by atoms with Gasteiger partial charge in [0.1, 0.15) is 13.2 Å². The van der Waals surface area contributed by atoms with Gasteiger partial charge < -0.3 is 9.47 Å². The zero-order chi connectivity index (χ0) is 29.8. The van der Waals surface area contributed by atoms with Gasteiger partial charge in [0.15, 0.2) is 0 Å². The second-order valence-corrected chi connectivity index (χ2v) is 15.8. The molecule has 0 unspecified atom stereocenters. The molecule has 4 aromatic carbocycles. The summed E-state index contributed by atoms with van der Waals surface area (Å²) in [5.74, 6) is -0.531. The van der Waals surface area contributed by atoms with Crippen LogP contribution in [0.5, 0.6) is 0 Å². The summed E-state index contributed by atoms with van der Waals surface area (Å²) in [6.07, 6.45) is 2.25. The number of hydrogen-bond donors (Lipinski definition) is 0. The number of hydrogen-bond acceptors (Lipinski definition) is 5. The first-order chi connectivity index (χ1) is 20.5. The van der Waals surface area contributed by atoms with Gasteiger partial charge in [0.2, 0.25) is 4.45 Å². The molecule has 0 aliphatic carbocycles. The second kappa shape index (κ2) is 14.5. The second-order valence-electron chi connectivity index (χ2n) is 9.13. The van der Waals surface area contributed by atoms with Crippen molar-refractivity contribution >= 4 is 36.4 Å². The van der Waals surface area contributed by atoms with Gasteiger partial charge in [-0.05, 0) is 48.5 Å². The lowest BCUT2D eigenvalue weighted by molar-refractivity contribution is -0.138. The third-order valence-corrected chi connectivity index (χ3v) is 15.5. The topological polar surface area (TPSA) is 69.7 Å². The normalized spacial score (nSPS) is 12.0. The maximum absolute atomic E-state index is 15.9. The Balaban J connectivity index is 2.04. The number of benzene rings is 4. The molecule has 0 N–H and O–H groups in total. The van der Waals surface area contributed by atoms with Crippen LogP contribution in [0, 0.1) is 0 Å². The van der Waals surface area contributed by atoms with Crippen molar-refractivity contribution in [3.8, 4) is 0 Å². The molecule has 0 atom stereocenters. The Labute approximate surface area is 250 Å². The van der Waals surface area contributed by atoms with Crippen LogP contribution in [0.4, 0.5) is 4.79 Å². The Kier molecular flexibility index (Phi) is 10.6. The van der Waals surface area contributed by atoms with Gasteiger partial charge in [0.05, 0.1) is 0 Å². The van der Waals surface area contributed by atoms with Crippen molar-refractivity contribution in [2.24, 2.45) is 0 Å². The van der Waals surface area contributed by atoms with Crippen LogP contribution in [-0.4, -0.2) is 41.1 Å². The van der Waals surface area contributed by atoms with Crippen LogP contribution in [0.1, 0.15) is 0 Å². The highest BCUT2D eigenvalue weighted by molar-refractivity contribution is 8.67. The lowest BCUT2D eigenvalue weighted by Gasteiger charge is -2.49. The van der Waals surface area contributed by atoms with Crippen molar-refractivity contribution in [1.82, 2.24) is 0 Å². The van der Waals surface area contributed by atoms with Crippen LogP contribution in [0.2, 0.25) is 0 Å². The van der Waals surface area contributed by atoms with E-state index in [1.54, 1.807) is 0 Å². The molecule has 0 saturated carbocycles. The van der Waals surface area contributed by atoms with E-state index in [0.29, 0.717) is 0 Å². The fourth-order valence-electron chi connectivity index (χ4n) is 4.80. The molecular weight excluding hydrogens is 565 g/mol. The molecule has 0 fully saturated rings. The number of rotatable bonds is 12. The van der Waals surface area contributed by atoms with Crippen LogP contribution in [0.15, 0.2) is 166 Å². The molecule has 4 rings (SSSR count). The van der Waals surface area contributed by atoms with Crippen LogP contribution in [0.25, 0.3) is 0 Å². The molecule has 0 aliphatic rings. The molecule has 0 bridgehead atoms. The molecule has 7 heteroatoms. The molecule has 216 valence electrons. The van der Waals surface area contributed by atoms with Crippen molar-refractivity contribution in [2.75, 3.05) is 24.7 Å². The van der Waals surface area contributed by atoms with E-state index in [2.05, 4.69) is 13.2 Å². The Bertz CT molecular complexity index is 1310. The summed E-state index contributed by atoms with van der Waals surface area (Å²) in [6.45, 7) is 7.10. The minimum Gasteiger partial charge on any atom is -0.462 e. The van der Waals surface area contributed by atoms with Crippen LogP contribution in [-0.2, 0) is 19.1 Å². The van der Waals surface area contributed by atoms with Gasteiger partial charge in [-0.3, -0.25) is 4.79 Å². The molecule has 0 saturated heterocycles. The zero-order valence-electron chi connectivity index (χ0n) is 23.3. The van der Waals surface area contributed by atoms with E-state index in [4.69, 9.17) is 9.47 Å². The van der Waals surface area contributed by atoms with Crippen molar-refractivity contribution < 1.29 is 23.9 Å². The van der Waals surface area contributed by atoms with E-state index >= 15 is 4.79 Å². The summed E-state index contributed by atoms with van der Waals surface area (Å²) in [5, 5.41) is 0. The van der Waals surface area contributed by atoms with Crippen molar-refractivity contribution in [1.29, 1.82) is 0 Å². The Morgan fingerprint density at radius 3 is 1.00 bits per heavy atom. The van der Waals surface area contributed by atoms with Gasteiger partial charge >= 0.3 is 11.9 Å². The monoisotopic (exact) mass is 598 g/mol. The molecule has 0 heterocycles. The first-order valence-electron chi connectivity index (χ1n) is 13.4. The molecule has 0 amide bonds. The van der Waals surface area contributed by atoms with Crippen LogP contribution in [0.3, 0.4) is 0 Å². The third kappa shape index (κ3) is 6.43. The summed E-state index contributed by atoms with van der Waals surface area (Å²) < 4.78 is 11.1. The van der Waals surface area contributed by atoms with Crippen molar-refractivity contribution in [3.63, 3.8) is 0 Å². The van der Waals surface area contributed by atoms with Gasteiger partial charge in [-0.25, -0.2) is 9.59 Å². The SMILES string of the molecule is C=CC(=O)OCCS(C(=O)S(CCOC(=O)C=C)(c1ccccc1)c1ccccc1)(c1ccccc1)c1ccccc1. The zero-order valence-corrected chi connectivity index (χ0v) is 24.9. The minimum atomic E-state index is -2.52. The third-order valence-electron chi connectivity index (χ3n) is 6.75. The lowest BCUT2D eigenvalue weighted by atomic mass is 10.4. The number of esters is 2. The van der Waals surface area contributed by atoms with Crippen LogP contribution >= 0.6 is 20.1 Å². The summed E-state index contributed by atoms with van der Waals surface area (Å²) in [4.78, 5) is 43.7. The van der Waals surface area contributed by atoms with E-state index in [1.807, 2.05) is 121 Å². The fourth-order valence-corrected chi connectivity index (χ4v) is 14.1. The predicted molar refractivity (Wildman–Crippen MR) is 171 cm³/mol. The summed E-state index contributed by atoms with van der Waals surface area (Å²) in [6, 6.07) is 38.9. The van der Waals surface area contributed by atoms with E-state index in [9.17, 15) is 9.59 Å². The molecule has 0 aliphatic heterocycles. The largest absolute Gasteiger partial charge is 0.462 e. The first kappa shape index (κ1) is 30.6. The molecule has 0 spiro atoms. The Morgan fingerprint density at radius 2 is 0.762 bits per heavy atom. The summed E-state index contributed by atoms with van der Waals surface area (Å²) >= 11 is 0. The van der Waals surface area contributed by atoms with Crippen LogP contribution < -0.4 is 0 Å². The maximum atomic E-state index is 15.9. The molecule has 42 heavy (non-hydrogen) atoms. The molecule has 0 aromatic heterocycles. The quantitative estimate of drug-likeness (QED) is 0.121. The van der Waals surface area contributed by atoms with Gasteiger partial charge in [0.25, 0.3) is 0 Å². The molecular formula is C35H34O5S2. The van der Waals surface area contributed by atoms with Gasteiger partial charge in [-0.15, -0.1) is 20.1 Å². The van der Waals surface area contributed by atoms with E-state index in [1.165, 1.54) is 0 Å². The smallest absolute Gasteiger partial charge is 0.330 e. The Hall–Kier alpha value is -4.33. The lowest BCUT2D eigenvalue weighted by Crippen LogP contribution is -2.28. The van der Waals surface area contributed by atoms with E-state index in [0.717, 1.165) is 31.7 Å².